The molecule has 0 fully saturated rings. The molecule has 20 aromatic rings. The molecule has 4 unspecified atom stereocenters. The molecule has 3 aliphatic heterocycles. The molecule has 116 heavy (non-hydrogen) atoms. The van der Waals surface area contributed by atoms with Gasteiger partial charge in [0.1, 0.15) is 46.3 Å². The molecule has 24 rings (SSSR count). The third-order valence-corrected chi connectivity index (χ3v) is 27.0. The first-order chi connectivity index (χ1) is 57.4. The quantitative estimate of drug-likeness (QED) is 0.119. The maximum atomic E-state index is 7.03. The number of allylic oxidation sites excluding steroid dienone is 4. The minimum absolute atomic E-state index is 0.118. The molecule has 4 aliphatic rings. The summed E-state index contributed by atoms with van der Waals surface area (Å²) in [5, 5.41) is 23.2. The molecule has 4 atom stereocenters. The first-order valence-electron chi connectivity index (χ1n) is 39.9. The van der Waals surface area contributed by atoms with Gasteiger partial charge < -0.3 is 28.6 Å². The first-order valence-corrected chi connectivity index (χ1v) is 41.5. The van der Waals surface area contributed by atoms with E-state index in [-0.39, 0.29) is 24.3 Å². The lowest BCUT2D eigenvalue weighted by molar-refractivity contribution is 0.409. The monoisotopic (exact) mass is 1530 g/mol. The van der Waals surface area contributed by atoms with Crippen molar-refractivity contribution in [3.8, 4) is 33.6 Å². The Morgan fingerprint density at radius 3 is 1.76 bits per heavy atom. The minimum Gasteiger partial charge on any atom is -0.456 e. The van der Waals surface area contributed by atoms with E-state index in [1.807, 2.05) is 29.2 Å². The van der Waals surface area contributed by atoms with Gasteiger partial charge in [0.25, 0.3) is 0 Å². The van der Waals surface area contributed by atoms with Gasteiger partial charge >= 0.3 is 0 Å². The number of aromatic nitrogens is 2. The maximum absolute atomic E-state index is 7.03. The number of hydrogen-bond acceptors (Lipinski definition) is 9. The fourth-order valence-electron chi connectivity index (χ4n) is 19.1. The van der Waals surface area contributed by atoms with Crippen molar-refractivity contribution in [3.63, 3.8) is 0 Å². The number of nitrogens with zero attached hydrogens (tertiary/aromatic N) is 4. The van der Waals surface area contributed by atoms with Crippen molar-refractivity contribution in [2.24, 2.45) is 9.98 Å². The minimum atomic E-state index is -0.232. The van der Waals surface area contributed by atoms with Crippen LogP contribution in [-0.2, 0) is 0 Å². The Labute approximate surface area is 676 Å². The fraction of sp³-hybridized carbons (Fsp3) is 0.0667. The van der Waals surface area contributed by atoms with E-state index in [1.165, 1.54) is 96.1 Å². The molecule has 1 aliphatic carbocycles. The van der Waals surface area contributed by atoms with Crippen LogP contribution in [0.3, 0.4) is 0 Å². The molecule has 3 N–H and O–H groups in total. The van der Waals surface area contributed by atoms with Crippen LogP contribution >= 0.6 is 23.1 Å². The number of furan rings is 2. The van der Waals surface area contributed by atoms with Gasteiger partial charge in [-0.1, -0.05) is 261 Å². The number of benzene rings is 15. The van der Waals surface area contributed by atoms with E-state index in [9.17, 15) is 0 Å². The van der Waals surface area contributed by atoms with Crippen LogP contribution in [0.4, 0.5) is 0 Å². The molecular weight excluding hydrogens is 1460 g/mol. The molecule has 0 radical (unpaired) electrons. The summed E-state index contributed by atoms with van der Waals surface area (Å²) in [6.45, 7) is 2.27. The van der Waals surface area contributed by atoms with Crippen LogP contribution < -0.4 is 16.0 Å². The van der Waals surface area contributed by atoms with Crippen LogP contribution in [-0.4, -0.2) is 20.8 Å². The van der Waals surface area contributed by atoms with Crippen LogP contribution in [0.25, 0.3) is 153 Å². The molecule has 550 valence electrons. The summed E-state index contributed by atoms with van der Waals surface area (Å²) in [4.78, 5) is 13.7. The largest absolute Gasteiger partial charge is 0.456 e. The third-order valence-electron chi connectivity index (χ3n) is 24.5. The van der Waals surface area contributed by atoms with Crippen molar-refractivity contribution in [2.45, 2.75) is 49.0 Å². The van der Waals surface area contributed by atoms with Gasteiger partial charge in [-0.15, -0.1) is 11.3 Å². The van der Waals surface area contributed by atoms with Crippen molar-refractivity contribution < 1.29 is 8.83 Å². The Bertz CT molecular complexity index is 7650. The smallest absolute Gasteiger partial charge is 0.136 e. The fourth-order valence-corrected chi connectivity index (χ4v) is 21.7. The Kier molecular flexibility index (Phi) is 15.3. The zero-order chi connectivity index (χ0) is 76.2. The Balaban J connectivity index is 0.550. The summed E-state index contributed by atoms with van der Waals surface area (Å²) in [6.07, 6.45) is 6.01. The molecule has 0 saturated heterocycles. The molecule has 9 nitrogen and oxygen atoms in total. The average Bonchev–Trinajstić information content (AvgIpc) is 1.57. The molecule has 11 heteroatoms. The van der Waals surface area contributed by atoms with E-state index >= 15 is 0 Å². The highest BCUT2D eigenvalue weighted by Crippen LogP contribution is 2.58. The SMILES string of the molecule is CC1=C(c2ccccc2-c2cccc3c2c2ccccc2n3-c2ccc3sc4c(-c5ccc6c(c5)oc5cc(C7=NC(c8ccccc8)NC(c8ccccc8)N7)ccc56)cccc4c3c2)N=C(c2ccccc2)NC(c2ccc3c(c2)oc2cc(C4=C5Sc6cccc(-n7c8ccccc8c8ccccc87)c6C5CC=C4)ccc23)C1. The lowest BCUT2D eigenvalue weighted by Gasteiger charge is -2.32. The van der Waals surface area contributed by atoms with E-state index in [1.54, 1.807) is 0 Å². The highest BCUT2D eigenvalue weighted by Gasteiger charge is 2.36. The number of nitrogens with one attached hydrogen (secondary N) is 3. The second kappa shape index (κ2) is 26.7. The molecule has 5 aromatic heterocycles. The molecule has 15 aromatic carbocycles. The highest BCUT2D eigenvalue weighted by atomic mass is 32.2. The zero-order valence-corrected chi connectivity index (χ0v) is 64.7. The van der Waals surface area contributed by atoms with Crippen molar-refractivity contribution in [3.05, 3.63) is 401 Å². The van der Waals surface area contributed by atoms with Gasteiger partial charge in [-0.3, -0.25) is 5.32 Å². The topological polar surface area (TPSA) is 96.9 Å². The number of aliphatic imine (C=N–C) groups is 2. The standard InChI is InChI=1S/C105H71N7O2S2/c1-61-55-85(67-47-52-77-75-51-46-66(57-91(75)113-93(77)58-67)71-35-20-38-83-98-90(43-22-44-96(98)116-101(71)83)112-86-39-16-13-30-73(86)74-31-14-17-40-87(74)112)106-102(62-23-5-2-6-24-62)107-99(61)80-32-12-11-29-72(80)79-36-21-42-89-97(79)82-33-15-18-41-88(82)111(89)69-49-54-95-84(60-69)81-37-19-34-70(100(81)115-95)65-45-50-76-78-53-48-68(59-94(78)114-92(76)56-65)105-109-103(63-25-7-3-8-26-63)108-104(110-105)64-27-9-4-10-28-64/h2-37,39-54,56-60,83,85,103-104,108H,38,55H2,1H3,(H,106,107)(H,109,110). The van der Waals surface area contributed by atoms with Gasteiger partial charge in [0, 0.05) is 101 Å². The van der Waals surface area contributed by atoms with Gasteiger partial charge in [0.2, 0.25) is 0 Å². The van der Waals surface area contributed by atoms with Gasteiger partial charge in [0.05, 0.1) is 39.5 Å². The molecule has 0 spiro atoms. The zero-order valence-electron chi connectivity index (χ0n) is 63.1. The van der Waals surface area contributed by atoms with Crippen molar-refractivity contribution in [1.82, 2.24) is 25.1 Å². The number of thioether (sulfide) groups is 1. The van der Waals surface area contributed by atoms with Crippen molar-refractivity contribution in [2.75, 3.05) is 0 Å². The summed E-state index contributed by atoms with van der Waals surface area (Å²) in [5.74, 6) is 1.88. The van der Waals surface area contributed by atoms with Gasteiger partial charge in [-0.25, -0.2) is 9.98 Å². The molecule has 0 saturated carbocycles. The van der Waals surface area contributed by atoms with Gasteiger partial charge in [0.15, 0.2) is 0 Å². The Morgan fingerprint density at radius 1 is 0.414 bits per heavy atom. The molecular formula is C105H71N7O2S2. The number of hydrogen-bond donors (Lipinski definition) is 3. The summed E-state index contributed by atoms with van der Waals surface area (Å²) in [6, 6.07) is 121. The number of amidine groups is 2. The normalized spacial score (nSPS) is 17.0. The molecule has 0 bridgehead atoms. The first kappa shape index (κ1) is 66.8. The summed E-state index contributed by atoms with van der Waals surface area (Å²) in [7, 11) is 0. The van der Waals surface area contributed by atoms with E-state index in [0.717, 1.165) is 134 Å². The average molecular weight is 1530 g/mol. The van der Waals surface area contributed by atoms with Gasteiger partial charge in [-0.05, 0) is 178 Å². The second-order valence-corrected chi connectivity index (χ2v) is 33.2. The second-order valence-electron chi connectivity index (χ2n) is 31.1. The Morgan fingerprint density at radius 2 is 1.00 bits per heavy atom. The van der Waals surface area contributed by atoms with E-state index in [4.69, 9.17) is 18.8 Å². The van der Waals surface area contributed by atoms with Crippen LogP contribution in [0, 0.1) is 0 Å². The number of thiophene rings is 1. The summed E-state index contributed by atoms with van der Waals surface area (Å²) in [5.41, 5.74) is 27.5. The molecule has 8 heterocycles. The van der Waals surface area contributed by atoms with Crippen LogP contribution in [0.1, 0.15) is 88.6 Å². The van der Waals surface area contributed by atoms with Crippen LogP contribution in [0.15, 0.2) is 380 Å². The lowest BCUT2D eigenvalue weighted by Crippen LogP contribution is -2.44. The summed E-state index contributed by atoms with van der Waals surface area (Å²) >= 11 is 3.78. The lowest BCUT2D eigenvalue weighted by atomic mass is 9.86. The number of fused-ring (bicyclic) bond motifs is 18. The Hall–Kier alpha value is -13.8. The number of rotatable bonds is 11. The number of para-hydroxylation sites is 3. The molecule has 0 amide bonds. The highest BCUT2D eigenvalue weighted by molar-refractivity contribution is 8.03. The van der Waals surface area contributed by atoms with Crippen LogP contribution in [0.5, 0.6) is 0 Å². The van der Waals surface area contributed by atoms with Crippen molar-refractivity contribution in [1.29, 1.82) is 0 Å². The van der Waals surface area contributed by atoms with Crippen molar-refractivity contribution >= 4 is 154 Å². The third kappa shape index (κ3) is 10.7. The predicted octanol–water partition coefficient (Wildman–Crippen LogP) is 27.2. The summed E-state index contributed by atoms with van der Waals surface area (Å²) < 4.78 is 21.3. The predicted molar refractivity (Wildman–Crippen MR) is 483 cm³/mol. The van der Waals surface area contributed by atoms with Crippen LogP contribution in [0.2, 0.25) is 0 Å². The maximum Gasteiger partial charge on any atom is 0.136 e. The van der Waals surface area contributed by atoms with E-state index in [0.29, 0.717) is 6.42 Å². The van der Waals surface area contributed by atoms with E-state index in [2.05, 4.69) is 372 Å². The van der Waals surface area contributed by atoms with Gasteiger partial charge in [-0.2, -0.15) is 0 Å². The van der Waals surface area contributed by atoms with E-state index < -0.39 is 0 Å².